The van der Waals surface area contributed by atoms with Crippen molar-refractivity contribution in [1.29, 1.82) is 0 Å². The molecule has 0 aliphatic rings. The summed E-state index contributed by atoms with van der Waals surface area (Å²) >= 11 is 5.81. The number of rotatable bonds is 6. The van der Waals surface area contributed by atoms with Crippen molar-refractivity contribution in [3.63, 3.8) is 0 Å². The van der Waals surface area contributed by atoms with Gasteiger partial charge in [0.25, 0.3) is 5.91 Å². The quantitative estimate of drug-likeness (QED) is 0.572. The third-order valence-corrected chi connectivity index (χ3v) is 2.67. The highest BCUT2D eigenvalue weighted by atomic mass is 35.5. The fourth-order valence-electron chi connectivity index (χ4n) is 1.33. The van der Waals surface area contributed by atoms with Crippen LogP contribution in [0, 0.1) is 0 Å². The van der Waals surface area contributed by atoms with Crippen molar-refractivity contribution in [2.45, 2.75) is 6.04 Å². The Morgan fingerprint density at radius 3 is 2.45 bits per heavy atom. The summed E-state index contributed by atoms with van der Waals surface area (Å²) in [6.45, 7) is -1.16. The minimum atomic E-state index is -1.40. The maximum atomic E-state index is 11.7. The fraction of sp³-hybridized carbons (Fsp3) is 0.250. The number of amides is 2. The number of hydrogen-bond donors (Lipinski definition) is 4. The normalized spacial score (nSPS) is 11.5. The molecule has 1 aromatic carbocycles. The Hall–Kier alpha value is -2.12. The molecular weight excluding hydrogens is 288 g/mol. The Balaban J connectivity index is 2.51. The van der Waals surface area contributed by atoms with Crippen LogP contribution >= 0.6 is 11.6 Å². The summed E-state index contributed by atoms with van der Waals surface area (Å²) < 4.78 is 0. The monoisotopic (exact) mass is 300 g/mol. The van der Waals surface area contributed by atoms with Gasteiger partial charge in [-0.05, 0) is 12.1 Å². The number of aliphatic carboxylic acids is 1. The molecular formula is C12H13ClN2O5. The first-order chi connectivity index (χ1) is 9.45. The topological polar surface area (TPSA) is 116 Å². The van der Waals surface area contributed by atoms with E-state index in [1.54, 1.807) is 12.1 Å². The van der Waals surface area contributed by atoms with Crippen LogP contribution in [0.2, 0.25) is 5.02 Å². The second-order valence-electron chi connectivity index (χ2n) is 3.80. The van der Waals surface area contributed by atoms with Crippen molar-refractivity contribution in [2.24, 2.45) is 0 Å². The number of carbonyl (C=O) groups excluding carboxylic acids is 2. The van der Waals surface area contributed by atoms with Crippen LogP contribution in [0.5, 0.6) is 0 Å². The minimum absolute atomic E-state index is 0.207. The molecule has 108 valence electrons. The molecule has 0 saturated heterocycles. The number of carboxylic acids is 1. The van der Waals surface area contributed by atoms with Crippen LogP contribution in [0.25, 0.3) is 0 Å². The van der Waals surface area contributed by atoms with Crippen molar-refractivity contribution in [2.75, 3.05) is 13.2 Å². The van der Waals surface area contributed by atoms with Gasteiger partial charge in [0.2, 0.25) is 5.91 Å². The Bertz CT molecular complexity index is 520. The van der Waals surface area contributed by atoms with Gasteiger partial charge in [0.1, 0.15) is 6.04 Å². The molecule has 1 aromatic rings. The van der Waals surface area contributed by atoms with E-state index < -0.39 is 37.0 Å². The van der Waals surface area contributed by atoms with Crippen LogP contribution in [0.1, 0.15) is 10.4 Å². The minimum Gasteiger partial charge on any atom is -0.480 e. The van der Waals surface area contributed by atoms with Gasteiger partial charge in [-0.15, -0.1) is 0 Å². The van der Waals surface area contributed by atoms with E-state index >= 15 is 0 Å². The molecule has 0 unspecified atom stereocenters. The van der Waals surface area contributed by atoms with Gasteiger partial charge in [-0.3, -0.25) is 9.59 Å². The van der Waals surface area contributed by atoms with Gasteiger partial charge in [-0.25, -0.2) is 4.79 Å². The van der Waals surface area contributed by atoms with E-state index in [4.69, 9.17) is 21.8 Å². The summed E-state index contributed by atoms with van der Waals surface area (Å²) in [6, 6.07) is 4.89. The Kier molecular flexibility index (Phi) is 5.95. The van der Waals surface area contributed by atoms with Crippen LogP contribution in [0.15, 0.2) is 24.3 Å². The molecule has 0 saturated carbocycles. The summed E-state index contributed by atoms with van der Waals surface area (Å²) in [5.74, 6) is -2.65. The lowest BCUT2D eigenvalue weighted by molar-refractivity contribution is -0.142. The molecule has 8 heteroatoms. The molecule has 0 aromatic heterocycles. The zero-order valence-electron chi connectivity index (χ0n) is 10.3. The lowest BCUT2D eigenvalue weighted by Crippen LogP contribution is -2.47. The van der Waals surface area contributed by atoms with Crippen molar-refractivity contribution in [1.82, 2.24) is 10.6 Å². The molecule has 20 heavy (non-hydrogen) atoms. The second-order valence-corrected chi connectivity index (χ2v) is 4.21. The molecule has 0 fully saturated rings. The maximum Gasteiger partial charge on any atom is 0.328 e. The molecule has 1 atom stereocenters. The molecule has 7 nitrogen and oxygen atoms in total. The Morgan fingerprint density at radius 2 is 1.90 bits per heavy atom. The average Bonchev–Trinajstić information content (AvgIpc) is 2.42. The summed E-state index contributed by atoms with van der Waals surface area (Å²) in [6.07, 6.45) is 0. The van der Waals surface area contributed by atoms with E-state index in [9.17, 15) is 14.4 Å². The smallest absolute Gasteiger partial charge is 0.328 e. The van der Waals surface area contributed by atoms with Crippen LogP contribution in [-0.4, -0.2) is 47.2 Å². The molecule has 2 amide bonds. The molecule has 0 spiro atoms. The summed E-state index contributed by atoms with van der Waals surface area (Å²) in [5, 5.41) is 22.0. The number of carbonyl (C=O) groups is 3. The first-order valence-corrected chi connectivity index (χ1v) is 5.99. The first kappa shape index (κ1) is 15.9. The Morgan fingerprint density at radius 1 is 1.25 bits per heavy atom. The molecule has 0 aliphatic carbocycles. The highest BCUT2D eigenvalue weighted by Crippen LogP contribution is 2.14. The van der Waals surface area contributed by atoms with E-state index in [2.05, 4.69) is 10.6 Å². The van der Waals surface area contributed by atoms with Gasteiger partial charge in [0.15, 0.2) is 0 Å². The van der Waals surface area contributed by atoms with Crippen molar-refractivity contribution >= 4 is 29.4 Å². The number of hydrogen-bond acceptors (Lipinski definition) is 4. The molecule has 0 bridgehead atoms. The van der Waals surface area contributed by atoms with Gasteiger partial charge in [0, 0.05) is 0 Å². The van der Waals surface area contributed by atoms with E-state index in [1.165, 1.54) is 12.1 Å². The fourth-order valence-corrected chi connectivity index (χ4v) is 1.55. The average molecular weight is 301 g/mol. The third kappa shape index (κ3) is 4.52. The molecule has 1 rings (SSSR count). The van der Waals surface area contributed by atoms with Crippen LogP contribution in [-0.2, 0) is 9.59 Å². The third-order valence-electron chi connectivity index (χ3n) is 2.34. The van der Waals surface area contributed by atoms with Crippen LogP contribution < -0.4 is 10.6 Å². The number of aliphatic hydroxyl groups is 1. The number of nitrogens with one attached hydrogen (secondary N) is 2. The van der Waals surface area contributed by atoms with Gasteiger partial charge >= 0.3 is 5.97 Å². The van der Waals surface area contributed by atoms with E-state index in [1.807, 2.05) is 0 Å². The van der Waals surface area contributed by atoms with Crippen molar-refractivity contribution in [3.8, 4) is 0 Å². The largest absolute Gasteiger partial charge is 0.480 e. The number of benzene rings is 1. The predicted octanol–water partition coefficient (Wildman–Crippen LogP) is -0.369. The highest BCUT2D eigenvalue weighted by Gasteiger charge is 2.19. The van der Waals surface area contributed by atoms with E-state index in [0.717, 1.165) is 0 Å². The summed E-state index contributed by atoms with van der Waals surface area (Å²) in [5.41, 5.74) is 0.207. The second kappa shape index (κ2) is 7.46. The zero-order valence-corrected chi connectivity index (χ0v) is 11.1. The lowest BCUT2D eigenvalue weighted by Gasteiger charge is -2.12. The SMILES string of the molecule is O=C(CNC(=O)c1ccccc1Cl)N[C@H](CO)C(=O)O. The zero-order chi connectivity index (χ0) is 15.1. The molecule has 0 radical (unpaired) electrons. The number of carboxylic acid groups (broad SMARTS) is 1. The molecule has 0 aliphatic heterocycles. The highest BCUT2D eigenvalue weighted by molar-refractivity contribution is 6.33. The van der Waals surface area contributed by atoms with Gasteiger partial charge in [-0.2, -0.15) is 0 Å². The van der Waals surface area contributed by atoms with Gasteiger partial charge in [0.05, 0.1) is 23.7 Å². The molecule has 4 N–H and O–H groups in total. The lowest BCUT2D eigenvalue weighted by atomic mass is 10.2. The maximum absolute atomic E-state index is 11.7. The van der Waals surface area contributed by atoms with Crippen LogP contribution in [0.4, 0.5) is 0 Å². The van der Waals surface area contributed by atoms with Gasteiger partial charge in [-0.1, -0.05) is 23.7 Å². The van der Waals surface area contributed by atoms with Crippen LogP contribution in [0.3, 0.4) is 0 Å². The van der Waals surface area contributed by atoms with E-state index in [0.29, 0.717) is 0 Å². The number of aliphatic hydroxyl groups excluding tert-OH is 1. The summed E-state index contributed by atoms with van der Waals surface area (Å²) in [7, 11) is 0. The van der Waals surface area contributed by atoms with E-state index in [-0.39, 0.29) is 10.6 Å². The number of halogens is 1. The Labute approximate surface area is 119 Å². The molecule has 0 heterocycles. The standard InChI is InChI=1S/C12H13ClN2O5/c13-8-4-2-1-3-7(8)11(18)14-5-10(17)15-9(6-16)12(19)20/h1-4,9,16H,5-6H2,(H,14,18)(H,15,17)(H,19,20)/t9-/m1/s1. The summed E-state index contributed by atoms with van der Waals surface area (Å²) in [4.78, 5) is 33.7. The van der Waals surface area contributed by atoms with Crippen molar-refractivity contribution in [3.05, 3.63) is 34.9 Å². The van der Waals surface area contributed by atoms with Gasteiger partial charge < -0.3 is 20.8 Å². The predicted molar refractivity (Wildman–Crippen MR) is 70.4 cm³/mol. The first-order valence-electron chi connectivity index (χ1n) is 5.61. The van der Waals surface area contributed by atoms with Crippen molar-refractivity contribution < 1.29 is 24.6 Å².